The zero-order valence-electron chi connectivity index (χ0n) is 10.9. The molecule has 2 nitrogen and oxygen atoms in total. The summed E-state index contributed by atoms with van der Waals surface area (Å²) in [6, 6.07) is 11.2. The Balaban J connectivity index is 1.76. The van der Waals surface area contributed by atoms with Gasteiger partial charge in [-0.3, -0.25) is 0 Å². The van der Waals surface area contributed by atoms with Crippen molar-refractivity contribution in [3.05, 3.63) is 35.9 Å². The van der Waals surface area contributed by atoms with Gasteiger partial charge in [-0.05, 0) is 24.3 Å². The molecule has 0 radical (unpaired) electrons. The van der Waals surface area contributed by atoms with Crippen molar-refractivity contribution >= 4 is 0 Å². The normalized spacial score (nSPS) is 17.4. The Labute approximate surface area is 104 Å². The van der Waals surface area contributed by atoms with Gasteiger partial charge in [0.1, 0.15) is 0 Å². The first kappa shape index (κ1) is 12.6. The monoisotopic (exact) mass is 233 g/mol. The van der Waals surface area contributed by atoms with E-state index >= 15 is 0 Å². The minimum Gasteiger partial charge on any atom is -0.372 e. The lowest BCUT2D eigenvalue weighted by Gasteiger charge is -2.22. The van der Waals surface area contributed by atoms with Crippen molar-refractivity contribution in [3.63, 3.8) is 0 Å². The van der Waals surface area contributed by atoms with Gasteiger partial charge in [-0.25, -0.2) is 0 Å². The van der Waals surface area contributed by atoms with Crippen LogP contribution in [0.1, 0.15) is 32.3 Å². The molecule has 0 bridgehead atoms. The molecule has 1 atom stereocenters. The Kier molecular flexibility index (Phi) is 4.57. The summed E-state index contributed by atoms with van der Waals surface area (Å²) in [5, 5.41) is 3.55. The minimum absolute atomic E-state index is 0.316. The summed E-state index contributed by atoms with van der Waals surface area (Å²) >= 11 is 0. The van der Waals surface area contributed by atoms with E-state index in [0.717, 1.165) is 19.2 Å². The SMILES string of the molecule is CC(C)C(CNC1CC1)OCc1ccccc1. The quantitative estimate of drug-likeness (QED) is 0.781. The second kappa shape index (κ2) is 6.18. The van der Waals surface area contributed by atoms with Gasteiger partial charge in [0.05, 0.1) is 12.7 Å². The second-order valence-corrected chi connectivity index (χ2v) is 5.26. The first-order valence-electron chi connectivity index (χ1n) is 6.64. The van der Waals surface area contributed by atoms with Crippen LogP contribution in [0.3, 0.4) is 0 Å². The summed E-state index contributed by atoms with van der Waals surface area (Å²) in [5.41, 5.74) is 1.25. The van der Waals surface area contributed by atoms with Crippen molar-refractivity contribution in [2.45, 2.75) is 45.4 Å². The number of benzene rings is 1. The molecule has 1 saturated carbocycles. The number of nitrogens with one attached hydrogen (secondary N) is 1. The third-order valence-corrected chi connectivity index (χ3v) is 3.24. The maximum absolute atomic E-state index is 6.01. The maximum Gasteiger partial charge on any atom is 0.0726 e. The summed E-state index contributed by atoms with van der Waals surface area (Å²) in [6.07, 6.45) is 2.99. The van der Waals surface area contributed by atoms with Crippen LogP contribution in [0.5, 0.6) is 0 Å². The fourth-order valence-electron chi connectivity index (χ4n) is 1.83. The third-order valence-electron chi connectivity index (χ3n) is 3.24. The molecule has 1 aliphatic carbocycles. The van der Waals surface area contributed by atoms with Gasteiger partial charge in [0, 0.05) is 12.6 Å². The molecule has 94 valence electrons. The van der Waals surface area contributed by atoms with Crippen LogP contribution >= 0.6 is 0 Å². The molecule has 2 heteroatoms. The standard InChI is InChI=1S/C15H23NO/c1-12(2)15(10-16-14-8-9-14)17-11-13-6-4-3-5-7-13/h3-7,12,14-16H,8-11H2,1-2H3. The number of rotatable bonds is 7. The van der Waals surface area contributed by atoms with Crippen molar-refractivity contribution in [2.75, 3.05) is 6.54 Å². The highest BCUT2D eigenvalue weighted by molar-refractivity contribution is 5.13. The van der Waals surface area contributed by atoms with E-state index in [2.05, 4.69) is 43.4 Å². The maximum atomic E-state index is 6.01. The molecule has 1 aliphatic rings. The van der Waals surface area contributed by atoms with Crippen molar-refractivity contribution < 1.29 is 4.74 Å². The highest BCUT2D eigenvalue weighted by Crippen LogP contribution is 2.19. The van der Waals surface area contributed by atoms with Crippen LogP contribution in [0.2, 0.25) is 0 Å². The van der Waals surface area contributed by atoms with E-state index in [1.807, 2.05) is 6.07 Å². The molecule has 2 rings (SSSR count). The fraction of sp³-hybridized carbons (Fsp3) is 0.600. The lowest BCUT2D eigenvalue weighted by molar-refractivity contribution is 0.0111. The lowest BCUT2D eigenvalue weighted by atomic mass is 10.1. The van der Waals surface area contributed by atoms with E-state index in [1.165, 1.54) is 18.4 Å². The summed E-state index contributed by atoms with van der Waals surface area (Å²) in [5.74, 6) is 0.560. The van der Waals surface area contributed by atoms with Gasteiger partial charge in [0.2, 0.25) is 0 Å². The zero-order chi connectivity index (χ0) is 12.1. The van der Waals surface area contributed by atoms with Gasteiger partial charge < -0.3 is 10.1 Å². The average Bonchev–Trinajstić information content (AvgIpc) is 3.14. The first-order valence-corrected chi connectivity index (χ1v) is 6.64. The van der Waals surface area contributed by atoms with Crippen LogP contribution in [-0.2, 0) is 11.3 Å². The van der Waals surface area contributed by atoms with E-state index < -0.39 is 0 Å². The fourth-order valence-corrected chi connectivity index (χ4v) is 1.83. The molecule has 0 saturated heterocycles. The summed E-state index contributed by atoms with van der Waals surface area (Å²) in [7, 11) is 0. The lowest BCUT2D eigenvalue weighted by Crippen LogP contribution is -2.34. The average molecular weight is 233 g/mol. The van der Waals surface area contributed by atoms with Crippen molar-refractivity contribution in [2.24, 2.45) is 5.92 Å². The Morgan fingerprint density at radius 2 is 1.94 bits per heavy atom. The Morgan fingerprint density at radius 1 is 1.24 bits per heavy atom. The molecule has 0 spiro atoms. The molecule has 17 heavy (non-hydrogen) atoms. The summed E-state index contributed by atoms with van der Waals surface area (Å²) < 4.78 is 6.01. The molecule has 1 aromatic rings. The van der Waals surface area contributed by atoms with Crippen molar-refractivity contribution in [1.29, 1.82) is 0 Å². The Hall–Kier alpha value is -0.860. The highest BCUT2D eigenvalue weighted by atomic mass is 16.5. The van der Waals surface area contributed by atoms with E-state index in [-0.39, 0.29) is 0 Å². The molecule has 0 aromatic heterocycles. The number of ether oxygens (including phenoxy) is 1. The summed E-state index contributed by atoms with van der Waals surface area (Å²) in [4.78, 5) is 0. The van der Waals surface area contributed by atoms with Crippen LogP contribution in [0.15, 0.2) is 30.3 Å². The minimum atomic E-state index is 0.316. The molecule has 1 unspecified atom stereocenters. The predicted molar refractivity (Wildman–Crippen MR) is 70.9 cm³/mol. The van der Waals surface area contributed by atoms with Crippen molar-refractivity contribution in [3.8, 4) is 0 Å². The van der Waals surface area contributed by atoms with E-state index in [4.69, 9.17) is 4.74 Å². The van der Waals surface area contributed by atoms with Crippen LogP contribution in [-0.4, -0.2) is 18.7 Å². The third kappa shape index (κ3) is 4.49. The molecular formula is C15H23NO. The van der Waals surface area contributed by atoms with Crippen molar-refractivity contribution in [1.82, 2.24) is 5.32 Å². The largest absolute Gasteiger partial charge is 0.372 e. The molecule has 1 aromatic carbocycles. The molecular weight excluding hydrogens is 210 g/mol. The van der Waals surface area contributed by atoms with E-state index in [9.17, 15) is 0 Å². The van der Waals surface area contributed by atoms with E-state index in [0.29, 0.717) is 12.0 Å². The van der Waals surface area contributed by atoms with Gasteiger partial charge in [-0.15, -0.1) is 0 Å². The smallest absolute Gasteiger partial charge is 0.0726 e. The Morgan fingerprint density at radius 3 is 2.53 bits per heavy atom. The van der Waals surface area contributed by atoms with Crippen LogP contribution in [0.4, 0.5) is 0 Å². The second-order valence-electron chi connectivity index (χ2n) is 5.26. The zero-order valence-corrected chi connectivity index (χ0v) is 10.9. The highest BCUT2D eigenvalue weighted by Gasteiger charge is 2.23. The van der Waals surface area contributed by atoms with E-state index in [1.54, 1.807) is 0 Å². The molecule has 1 N–H and O–H groups in total. The topological polar surface area (TPSA) is 21.3 Å². The summed E-state index contributed by atoms with van der Waals surface area (Å²) in [6.45, 7) is 6.15. The predicted octanol–water partition coefficient (Wildman–Crippen LogP) is 2.98. The van der Waals surface area contributed by atoms with Crippen LogP contribution in [0, 0.1) is 5.92 Å². The molecule has 1 fully saturated rings. The Bertz CT molecular complexity index is 319. The van der Waals surface area contributed by atoms with Gasteiger partial charge in [0.15, 0.2) is 0 Å². The molecule has 0 heterocycles. The van der Waals surface area contributed by atoms with Crippen LogP contribution in [0.25, 0.3) is 0 Å². The van der Waals surface area contributed by atoms with Crippen LogP contribution < -0.4 is 5.32 Å². The van der Waals surface area contributed by atoms with Gasteiger partial charge in [-0.2, -0.15) is 0 Å². The number of hydrogen-bond donors (Lipinski definition) is 1. The van der Waals surface area contributed by atoms with Gasteiger partial charge >= 0.3 is 0 Å². The van der Waals surface area contributed by atoms with Gasteiger partial charge in [0.25, 0.3) is 0 Å². The molecule has 0 amide bonds. The molecule has 0 aliphatic heterocycles. The van der Waals surface area contributed by atoms with Gasteiger partial charge in [-0.1, -0.05) is 44.2 Å². The number of hydrogen-bond acceptors (Lipinski definition) is 2. The first-order chi connectivity index (χ1) is 8.25.